The molecule has 1 saturated heterocycles. The highest BCUT2D eigenvalue weighted by Gasteiger charge is 2.62. The van der Waals surface area contributed by atoms with Crippen LogP contribution < -0.4 is 4.74 Å². The number of ether oxygens (including phenoxy) is 6. The fourth-order valence-electron chi connectivity index (χ4n) is 3.58. The summed E-state index contributed by atoms with van der Waals surface area (Å²) in [5.41, 5.74) is 0.898. The fourth-order valence-corrected chi connectivity index (χ4v) is 3.58. The Morgan fingerprint density at radius 2 is 1.68 bits per heavy atom. The molecule has 2 aliphatic rings. The van der Waals surface area contributed by atoms with Crippen LogP contribution in [0.25, 0.3) is 0 Å². The van der Waals surface area contributed by atoms with Gasteiger partial charge in [-0.25, -0.2) is 0 Å². The van der Waals surface area contributed by atoms with E-state index in [4.69, 9.17) is 28.4 Å². The third kappa shape index (κ3) is 3.68. The number of hydrogen-bond acceptors (Lipinski definition) is 8. The van der Waals surface area contributed by atoms with Gasteiger partial charge in [0, 0.05) is 20.6 Å². The zero-order valence-electron chi connectivity index (χ0n) is 16.8. The molecule has 1 aromatic carbocycles. The van der Waals surface area contributed by atoms with Gasteiger partial charge in [0.1, 0.15) is 24.1 Å². The highest BCUT2D eigenvalue weighted by atomic mass is 16.8. The molecule has 0 aromatic heterocycles. The van der Waals surface area contributed by atoms with Gasteiger partial charge in [-0.1, -0.05) is 12.1 Å². The Kier molecular flexibility index (Phi) is 6.09. The van der Waals surface area contributed by atoms with E-state index in [9.17, 15) is 9.90 Å². The molecule has 1 aromatic rings. The number of ketones is 1. The zero-order chi connectivity index (χ0) is 20.5. The molecule has 1 saturated carbocycles. The highest BCUT2D eigenvalue weighted by molar-refractivity contribution is 5.85. The summed E-state index contributed by atoms with van der Waals surface area (Å²) in [7, 11) is 4.53. The van der Waals surface area contributed by atoms with E-state index in [1.807, 2.05) is 24.3 Å². The van der Waals surface area contributed by atoms with E-state index in [1.165, 1.54) is 14.2 Å². The summed E-state index contributed by atoms with van der Waals surface area (Å²) in [6.45, 7) is 3.55. The maximum atomic E-state index is 12.5. The summed E-state index contributed by atoms with van der Waals surface area (Å²) in [6, 6.07) is 7.40. The van der Waals surface area contributed by atoms with Crippen molar-refractivity contribution in [3.63, 3.8) is 0 Å². The van der Waals surface area contributed by atoms with Crippen LogP contribution >= 0.6 is 0 Å². The van der Waals surface area contributed by atoms with Crippen LogP contribution in [0.5, 0.6) is 5.75 Å². The maximum Gasteiger partial charge on any atom is 0.221 e. The van der Waals surface area contributed by atoms with Crippen molar-refractivity contribution in [2.75, 3.05) is 21.3 Å². The van der Waals surface area contributed by atoms with Crippen molar-refractivity contribution < 1.29 is 38.3 Å². The zero-order valence-corrected chi connectivity index (χ0v) is 16.8. The third-order valence-electron chi connectivity index (χ3n) is 5.65. The first-order valence-corrected chi connectivity index (χ1v) is 9.18. The second-order valence-electron chi connectivity index (χ2n) is 7.28. The van der Waals surface area contributed by atoms with E-state index in [1.54, 1.807) is 21.0 Å². The molecule has 1 N–H and O–H groups in total. The molecule has 0 amide bonds. The molecule has 28 heavy (non-hydrogen) atoms. The molecule has 1 aliphatic carbocycles. The number of Topliss-reactive ketones (excluding diaryl/α,β-unsaturated/α-hetero) is 1. The topological polar surface area (TPSA) is 92.7 Å². The van der Waals surface area contributed by atoms with Crippen molar-refractivity contribution >= 4 is 5.78 Å². The van der Waals surface area contributed by atoms with E-state index < -0.39 is 36.0 Å². The van der Waals surface area contributed by atoms with Crippen LogP contribution in [0.1, 0.15) is 25.8 Å². The summed E-state index contributed by atoms with van der Waals surface area (Å²) in [4.78, 5) is 12.5. The molecular formula is C20H28O8. The van der Waals surface area contributed by atoms with Crippen LogP contribution in [-0.2, 0) is 35.1 Å². The molecule has 0 unspecified atom stereocenters. The molecule has 0 spiro atoms. The Morgan fingerprint density at radius 3 is 2.25 bits per heavy atom. The Morgan fingerprint density at radius 1 is 1.07 bits per heavy atom. The minimum atomic E-state index is -1.29. The van der Waals surface area contributed by atoms with Gasteiger partial charge in [-0.15, -0.1) is 0 Å². The molecule has 0 radical (unpaired) electrons. The molecule has 2 fully saturated rings. The second-order valence-corrected chi connectivity index (χ2v) is 7.28. The Bertz CT molecular complexity index is 692. The molecule has 156 valence electrons. The smallest absolute Gasteiger partial charge is 0.221 e. The Balaban J connectivity index is 1.79. The molecule has 0 bridgehead atoms. The number of carbonyl (C=O) groups is 1. The first-order chi connectivity index (χ1) is 13.3. The van der Waals surface area contributed by atoms with E-state index in [0.29, 0.717) is 0 Å². The van der Waals surface area contributed by atoms with Crippen molar-refractivity contribution in [1.29, 1.82) is 0 Å². The van der Waals surface area contributed by atoms with E-state index in [2.05, 4.69) is 0 Å². The first kappa shape index (κ1) is 21.2. The van der Waals surface area contributed by atoms with Gasteiger partial charge in [0.25, 0.3) is 0 Å². The summed E-state index contributed by atoms with van der Waals surface area (Å²) >= 11 is 0. The molecule has 6 atom stereocenters. The summed E-state index contributed by atoms with van der Waals surface area (Å²) in [6.07, 6.45) is -3.61. The SMILES string of the molecule is COc1ccc(CO[C@H]2[C@H]3O[C@](C)(OC)[C@@](C)(OC)O[C@@H]3C(=O)C[C@@H]2O)cc1. The van der Waals surface area contributed by atoms with E-state index in [0.717, 1.165) is 11.3 Å². The van der Waals surface area contributed by atoms with Crippen LogP contribution in [0, 0.1) is 0 Å². The summed E-state index contributed by atoms with van der Waals surface area (Å²) in [5, 5.41) is 10.5. The second kappa shape index (κ2) is 8.06. The lowest BCUT2D eigenvalue weighted by Crippen LogP contribution is -2.71. The lowest BCUT2D eigenvalue weighted by Gasteiger charge is -2.54. The van der Waals surface area contributed by atoms with Gasteiger partial charge in [-0.2, -0.15) is 0 Å². The van der Waals surface area contributed by atoms with Crippen molar-refractivity contribution in [2.45, 2.75) is 62.9 Å². The minimum absolute atomic E-state index is 0.0820. The average Bonchev–Trinajstić information content (AvgIpc) is 2.70. The van der Waals surface area contributed by atoms with Gasteiger partial charge in [0.2, 0.25) is 11.6 Å². The van der Waals surface area contributed by atoms with Gasteiger partial charge in [0.15, 0.2) is 5.78 Å². The molecular weight excluding hydrogens is 368 g/mol. The maximum absolute atomic E-state index is 12.5. The van der Waals surface area contributed by atoms with Gasteiger partial charge in [-0.05, 0) is 31.5 Å². The van der Waals surface area contributed by atoms with Gasteiger partial charge in [0.05, 0.1) is 19.8 Å². The molecule has 8 nitrogen and oxygen atoms in total. The number of hydrogen-bond donors (Lipinski definition) is 1. The van der Waals surface area contributed by atoms with Crippen LogP contribution in [0.2, 0.25) is 0 Å². The molecule has 8 heteroatoms. The number of fused-ring (bicyclic) bond motifs is 1. The standard InChI is InChI=1S/C20H28O8/c1-19(24-4)20(2,25-5)28-18-16(14(21)10-15(22)17(18)27-19)26-11-12-6-8-13(23-3)9-7-12/h6-9,14,16-18,21H,10-11H2,1-5H3/t14-,16+,17+,18+,19-,20-/m0/s1. The lowest BCUT2D eigenvalue weighted by molar-refractivity contribution is -0.453. The van der Waals surface area contributed by atoms with Gasteiger partial charge in [-0.3, -0.25) is 4.79 Å². The number of aliphatic hydroxyl groups is 1. The number of methoxy groups -OCH3 is 3. The lowest BCUT2D eigenvalue weighted by atomic mass is 9.86. The van der Waals surface area contributed by atoms with Crippen LogP contribution in [0.3, 0.4) is 0 Å². The predicted octanol–water partition coefficient (Wildman–Crippen LogP) is 1.42. The predicted molar refractivity (Wildman–Crippen MR) is 97.8 cm³/mol. The molecule has 1 aliphatic heterocycles. The summed E-state index contributed by atoms with van der Waals surface area (Å²) < 4.78 is 34.2. The number of aliphatic hydroxyl groups excluding tert-OH is 1. The number of benzene rings is 1. The molecule has 3 rings (SSSR count). The van der Waals surface area contributed by atoms with Crippen molar-refractivity contribution in [3.8, 4) is 5.75 Å². The Hall–Kier alpha value is -1.55. The number of carbonyl (C=O) groups excluding carboxylic acids is 1. The van der Waals surface area contributed by atoms with Gasteiger partial charge >= 0.3 is 0 Å². The van der Waals surface area contributed by atoms with Crippen molar-refractivity contribution in [3.05, 3.63) is 29.8 Å². The third-order valence-corrected chi connectivity index (χ3v) is 5.65. The highest BCUT2D eigenvalue weighted by Crippen LogP contribution is 2.43. The fraction of sp³-hybridized carbons (Fsp3) is 0.650. The van der Waals surface area contributed by atoms with E-state index in [-0.39, 0.29) is 18.8 Å². The largest absolute Gasteiger partial charge is 0.497 e. The van der Waals surface area contributed by atoms with Crippen molar-refractivity contribution in [1.82, 2.24) is 0 Å². The van der Waals surface area contributed by atoms with Crippen LogP contribution in [0.4, 0.5) is 0 Å². The Labute approximate surface area is 164 Å². The van der Waals surface area contributed by atoms with Crippen molar-refractivity contribution in [2.24, 2.45) is 0 Å². The van der Waals surface area contributed by atoms with Crippen LogP contribution in [0.15, 0.2) is 24.3 Å². The normalized spacial score (nSPS) is 38.1. The average molecular weight is 396 g/mol. The quantitative estimate of drug-likeness (QED) is 0.772. The van der Waals surface area contributed by atoms with E-state index >= 15 is 0 Å². The number of rotatable bonds is 6. The summed E-state index contributed by atoms with van der Waals surface area (Å²) in [5.74, 6) is -2.10. The first-order valence-electron chi connectivity index (χ1n) is 9.18. The molecule has 1 heterocycles. The van der Waals surface area contributed by atoms with Gasteiger partial charge < -0.3 is 33.5 Å². The van der Waals surface area contributed by atoms with Crippen LogP contribution in [-0.4, -0.2) is 68.2 Å². The minimum Gasteiger partial charge on any atom is -0.497 e. The monoisotopic (exact) mass is 396 g/mol.